The van der Waals surface area contributed by atoms with Gasteiger partial charge in [0.1, 0.15) is 0 Å². The molecule has 0 unspecified atom stereocenters. The van der Waals surface area contributed by atoms with Crippen LogP contribution >= 0.6 is 0 Å². The van der Waals surface area contributed by atoms with Gasteiger partial charge in [0.25, 0.3) is 0 Å². The Balaban J connectivity index is 0. The molecule has 0 aliphatic carbocycles. The van der Waals surface area contributed by atoms with Crippen LogP contribution in [-0.2, 0) is 10.5 Å². The molecule has 0 saturated heterocycles. The molecule has 0 aliphatic rings. The third kappa shape index (κ3) is 344. The third-order valence-electron chi connectivity index (χ3n) is 0. The summed E-state index contributed by atoms with van der Waals surface area (Å²) in [5, 5.41) is 6.75. The molecule has 0 atom stereocenters. The summed E-state index contributed by atoms with van der Waals surface area (Å²) < 4.78 is 44.0. The Kier molecular flexibility index (Phi) is 5.12. The van der Waals surface area contributed by atoms with Crippen molar-refractivity contribution in [3.05, 3.63) is 0 Å². The maximum absolute atomic E-state index is 10.2. The smallest absolute Gasteiger partial charge is 0.456 e. The zero-order valence-electron chi connectivity index (χ0n) is 3.78. The Labute approximate surface area is 49.0 Å². The van der Waals surface area contributed by atoms with E-state index in [0.717, 1.165) is 0 Å². The molecule has 5 nitrogen and oxygen atoms in total. The van der Waals surface area contributed by atoms with Gasteiger partial charge in [0.05, 0.1) is 0 Å². The molecule has 0 aromatic heterocycles. The minimum Gasteiger partial charge on any atom is -0.456 e. The molecule has 0 radical (unpaired) electrons. The second kappa shape index (κ2) is 4.15. The summed E-state index contributed by atoms with van der Waals surface area (Å²) in [5.41, 5.74) is 0. The highest BCUT2D eigenvalue weighted by Crippen LogP contribution is 1.74. The first kappa shape index (κ1) is 11.1. The monoisotopic (exact) mass is 164 g/mol. The van der Waals surface area contributed by atoms with Crippen molar-refractivity contribution in [2.75, 3.05) is 0 Å². The van der Waals surface area contributed by atoms with Crippen LogP contribution in [0.4, 0.5) is 13.1 Å². The minimum atomic E-state index is -5.17. The zero-order chi connectivity index (χ0) is 8.08. The fourth-order valence-electron chi connectivity index (χ4n) is 0. The topological polar surface area (TPSA) is 91.7 Å². The summed E-state index contributed by atoms with van der Waals surface area (Å²) in [6.45, 7) is 0. The van der Waals surface area contributed by atoms with Crippen molar-refractivity contribution >= 4 is 16.7 Å². The van der Waals surface area contributed by atoms with E-state index in [4.69, 9.17) is 22.9 Å². The molecule has 0 aromatic carbocycles. The summed E-state index contributed by atoms with van der Waals surface area (Å²) in [6, 6.07) is 0. The van der Waals surface area contributed by atoms with Gasteiger partial charge in [0, 0.05) is 0 Å². The van der Waals surface area contributed by atoms with Gasteiger partial charge in [-0.15, -0.1) is 4.39 Å². The molecule has 0 rings (SSSR count). The quantitative estimate of drug-likeness (QED) is 0.399. The van der Waals surface area contributed by atoms with Crippen molar-refractivity contribution in [1.29, 1.82) is 0 Å². The van der Waals surface area contributed by atoms with Crippen LogP contribution in [0.15, 0.2) is 0 Å². The van der Waals surface area contributed by atoms with Gasteiger partial charge in [-0.2, -0.15) is 8.42 Å². The summed E-state index contributed by atoms with van der Waals surface area (Å²) in [6.07, 6.45) is -2.33. The highest BCUT2D eigenvalue weighted by atomic mass is 32.3. The second-order valence-corrected chi connectivity index (χ2v) is 1.49. The normalized spacial score (nSPS) is 9.22. The molecule has 0 amide bonds. The maximum atomic E-state index is 10.2. The van der Waals surface area contributed by atoms with E-state index in [-0.39, 0.29) is 0 Å². The Morgan fingerprint density at radius 3 is 1.44 bits per heavy atom. The van der Waals surface area contributed by atoms with Gasteiger partial charge in [0.15, 0.2) is 0 Å². The summed E-state index contributed by atoms with van der Waals surface area (Å²) >= 11 is 0. The van der Waals surface area contributed by atoms with Crippen molar-refractivity contribution in [2.24, 2.45) is 0 Å². The average molecular weight is 164 g/mol. The van der Waals surface area contributed by atoms with E-state index in [9.17, 15) is 8.28 Å². The van der Waals surface area contributed by atoms with E-state index in [0.29, 0.717) is 0 Å². The fraction of sp³-hybridized carbons (Fsp3) is 0. The van der Waals surface area contributed by atoms with Crippen LogP contribution in [-0.4, -0.2) is 24.3 Å². The first-order chi connectivity index (χ1) is 3.73. The minimum absolute atomic E-state index is 2.33. The van der Waals surface area contributed by atoms with Crippen molar-refractivity contribution in [3.8, 4) is 0 Å². The number of rotatable bonds is 0. The van der Waals surface area contributed by atoms with Crippen LogP contribution in [0.3, 0.4) is 0 Å². The lowest BCUT2D eigenvalue weighted by Gasteiger charge is -1.63. The molecule has 2 N–H and O–H groups in total. The molecule has 9 heavy (non-hydrogen) atoms. The third-order valence-corrected chi connectivity index (χ3v) is 0. The van der Waals surface area contributed by atoms with Gasteiger partial charge in [-0.1, -0.05) is 3.89 Å². The molecular formula is CH2F2O5S. The lowest BCUT2D eigenvalue weighted by molar-refractivity contribution is 0.169. The molecule has 56 valence electrons. The van der Waals surface area contributed by atoms with Crippen molar-refractivity contribution in [2.45, 2.75) is 0 Å². The molecule has 8 heteroatoms. The SMILES string of the molecule is O=C(O)F.O=S(=O)(O)F. The van der Waals surface area contributed by atoms with E-state index < -0.39 is 16.7 Å². The predicted octanol–water partition coefficient (Wildman–Crippen LogP) is 0.393. The first-order valence-electron chi connectivity index (χ1n) is 1.29. The Bertz CT molecular complexity index is 157. The number of halogens is 2. The molecule has 0 saturated carbocycles. The van der Waals surface area contributed by atoms with Crippen LogP contribution in [0.5, 0.6) is 0 Å². The summed E-state index contributed by atoms with van der Waals surface area (Å²) in [5.74, 6) is 0. The Morgan fingerprint density at radius 1 is 1.44 bits per heavy atom. The Hall–Kier alpha value is -0.760. The predicted molar refractivity (Wildman–Crippen MR) is 21.8 cm³/mol. The van der Waals surface area contributed by atoms with Crippen molar-refractivity contribution in [3.63, 3.8) is 0 Å². The summed E-state index contributed by atoms with van der Waals surface area (Å²) in [4.78, 5) is 8.33. The van der Waals surface area contributed by atoms with Crippen molar-refractivity contribution < 1.29 is 31.1 Å². The van der Waals surface area contributed by atoms with Crippen molar-refractivity contribution in [1.82, 2.24) is 0 Å². The maximum Gasteiger partial charge on any atom is 0.492 e. The van der Waals surface area contributed by atoms with E-state index in [1.807, 2.05) is 0 Å². The lowest BCUT2D eigenvalue weighted by atomic mass is 11.5. The molecule has 0 heterocycles. The zero-order valence-corrected chi connectivity index (χ0v) is 4.60. The Morgan fingerprint density at radius 2 is 1.44 bits per heavy atom. The fourth-order valence-corrected chi connectivity index (χ4v) is 0. The number of hydrogen-bond acceptors (Lipinski definition) is 3. The van der Waals surface area contributed by atoms with E-state index in [1.54, 1.807) is 0 Å². The standard InChI is InChI=1S/CHFO2.FHO3S/c2-1(3)4;1-5(2,3)4/h(H,3,4);(H,2,3,4). The van der Waals surface area contributed by atoms with Gasteiger partial charge in [-0.05, 0) is 0 Å². The van der Waals surface area contributed by atoms with Crippen LogP contribution in [0.1, 0.15) is 0 Å². The largest absolute Gasteiger partial charge is 0.492 e. The average Bonchev–Trinajstić information content (AvgIpc) is 1.19. The van der Waals surface area contributed by atoms with Crippen LogP contribution in [0.2, 0.25) is 0 Å². The van der Waals surface area contributed by atoms with Gasteiger partial charge >= 0.3 is 16.7 Å². The van der Waals surface area contributed by atoms with Gasteiger partial charge in [-0.3, -0.25) is 4.55 Å². The van der Waals surface area contributed by atoms with Crippen LogP contribution in [0, 0.1) is 0 Å². The number of hydrogen-bond donors (Lipinski definition) is 2. The van der Waals surface area contributed by atoms with E-state index in [2.05, 4.69) is 0 Å². The molecule has 0 aromatic rings. The number of carbonyl (C=O) groups is 1. The first-order valence-corrected chi connectivity index (χ1v) is 2.63. The van der Waals surface area contributed by atoms with Crippen LogP contribution < -0.4 is 0 Å². The highest BCUT2D eigenvalue weighted by molar-refractivity contribution is 7.80. The van der Waals surface area contributed by atoms with Gasteiger partial charge in [-0.25, -0.2) is 4.79 Å². The second-order valence-electron chi connectivity index (χ2n) is 0.665. The molecule has 0 aliphatic heterocycles. The molecule has 0 spiro atoms. The van der Waals surface area contributed by atoms with Gasteiger partial charge < -0.3 is 5.11 Å². The van der Waals surface area contributed by atoms with Gasteiger partial charge in [0.2, 0.25) is 0 Å². The highest BCUT2D eigenvalue weighted by Gasteiger charge is 1.89. The van der Waals surface area contributed by atoms with E-state index in [1.165, 1.54) is 0 Å². The van der Waals surface area contributed by atoms with E-state index >= 15 is 0 Å². The molecule has 0 bridgehead atoms. The molecular weight excluding hydrogens is 162 g/mol. The summed E-state index contributed by atoms with van der Waals surface area (Å²) in [7, 11) is -5.17. The van der Waals surface area contributed by atoms with Crippen LogP contribution in [0.25, 0.3) is 0 Å². The number of carboxylic acid groups (broad SMARTS) is 1. The lowest BCUT2D eigenvalue weighted by Crippen LogP contribution is -1.80. The molecule has 0 fully saturated rings.